The average molecular weight is 434 g/mol. The monoisotopic (exact) mass is 433 g/mol. The first-order valence-corrected chi connectivity index (χ1v) is 10.9. The Balaban J connectivity index is 2.38. The van der Waals surface area contributed by atoms with Crippen molar-refractivity contribution < 1.29 is 18.0 Å². The number of carbonyl (C=O) groups is 2. The van der Waals surface area contributed by atoms with Gasteiger partial charge in [-0.05, 0) is 29.0 Å². The lowest BCUT2D eigenvalue weighted by Crippen LogP contribution is -2.37. The normalized spacial score (nSPS) is 11.5. The Labute approximate surface area is 176 Å². The highest BCUT2D eigenvalue weighted by molar-refractivity contribution is 7.90. The molecule has 10 heteroatoms. The summed E-state index contributed by atoms with van der Waals surface area (Å²) in [5, 5.41) is 9.18. The van der Waals surface area contributed by atoms with Crippen LogP contribution in [0, 0.1) is 0 Å². The number of sulfonamides is 1. The van der Waals surface area contributed by atoms with E-state index >= 15 is 0 Å². The van der Waals surface area contributed by atoms with Gasteiger partial charge in [0.15, 0.2) is 0 Å². The van der Waals surface area contributed by atoms with Gasteiger partial charge in [-0.15, -0.1) is 5.10 Å². The van der Waals surface area contributed by atoms with Crippen molar-refractivity contribution in [1.82, 2.24) is 19.8 Å². The second-order valence-electron chi connectivity index (χ2n) is 7.63. The lowest BCUT2D eigenvalue weighted by atomic mass is 9.93. The Morgan fingerprint density at radius 1 is 1.00 bits per heavy atom. The Hall–Kier alpha value is -3.01. The molecule has 0 saturated heterocycles. The van der Waals surface area contributed by atoms with E-state index in [0.717, 1.165) is 11.1 Å². The number of rotatable bonds is 6. The fourth-order valence-electron chi connectivity index (χ4n) is 2.93. The van der Waals surface area contributed by atoms with Crippen molar-refractivity contribution >= 4 is 27.6 Å². The SMILES string of the molecule is CC(C)c1cccc(C(C)C)c1NC(=O)NS(=O)(=O)c1nnccc1C(=O)N(C)C. The molecule has 162 valence electrons. The van der Waals surface area contributed by atoms with Gasteiger partial charge in [0.05, 0.1) is 11.8 Å². The summed E-state index contributed by atoms with van der Waals surface area (Å²) >= 11 is 0. The average Bonchev–Trinajstić information content (AvgIpc) is 2.66. The molecule has 0 bridgehead atoms. The fourth-order valence-corrected chi connectivity index (χ4v) is 3.92. The van der Waals surface area contributed by atoms with Crippen molar-refractivity contribution in [3.05, 3.63) is 47.2 Å². The molecular weight excluding hydrogens is 406 g/mol. The van der Waals surface area contributed by atoms with E-state index in [2.05, 4.69) is 15.5 Å². The van der Waals surface area contributed by atoms with Crippen LogP contribution in [0.15, 0.2) is 35.5 Å². The maximum absolute atomic E-state index is 12.8. The number of hydrogen-bond donors (Lipinski definition) is 2. The number of hydrogen-bond acceptors (Lipinski definition) is 6. The summed E-state index contributed by atoms with van der Waals surface area (Å²) in [5.74, 6) is -0.349. The van der Waals surface area contributed by atoms with Crippen LogP contribution < -0.4 is 10.0 Å². The third kappa shape index (κ3) is 5.12. The van der Waals surface area contributed by atoms with Gasteiger partial charge < -0.3 is 10.2 Å². The Morgan fingerprint density at radius 3 is 2.07 bits per heavy atom. The number of urea groups is 1. The van der Waals surface area contributed by atoms with Crippen LogP contribution in [0.5, 0.6) is 0 Å². The van der Waals surface area contributed by atoms with Gasteiger partial charge in [-0.1, -0.05) is 45.9 Å². The largest absolute Gasteiger partial charge is 0.345 e. The lowest BCUT2D eigenvalue weighted by molar-refractivity contribution is 0.0822. The number of nitrogens with one attached hydrogen (secondary N) is 2. The minimum atomic E-state index is -4.44. The maximum atomic E-state index is 12.8. The summed E-state index contributed by atoms with van der Waals surface area (Å²) in [5.41, 5.74) is 2.16. The van der Waals surface area contributed by atoms with E-state index in [1.807, 2.05) is 50.6 Å². The van der Waals surface area contributed by atoms with E-state index in [-0.39, 0.29) is 17.4 Å². The summed E-state index contributed by atoms with van der Waals surface area (Å²) in [6, 6.07) is 5.98. The quantitative estimate of drug-likeness (QED) is 0.722. The summed E-state index contributed by atoms with van der Waals surface area (Å²) < 4.78 is 27.5. The molecule has 30 heavy (non-hydrogen) atoms. The molecule has 1 heterocycles. The number of amides is 3. The van der Waals surface area contributed by atoms with Crippen LogP contribution in [0.3, 0.4) is 0 Å². The van der Waals surface area contributed by atoms with Gasteiger partial charge in [-0.25, -0.2) is 9.52 Å². The summed E-state index contributed by atoms with van der Waals surface area (Å²) in [4.78, 5) is 26.1. The highest BCUT2D eigenvalue weighted by atomic mass is 32.2. The molecule has 2 N–H and O–H groups in total. The molecule has 1 aromatic carbocycles. The predicted molar refractivity (Wildman–Crippen MR) is 114 cm³/mol. The van der Waals surface area contributed by atoms with Crippen LogP contribution in [0.2, 0.25) is 0 Å². The highest BCUT2D eigenvalue weighted by Gasteiger charge is 2.28. The molecule has 0 aliphatic rings. The van der Waals surface area contributed by atoms with E-state index in [9.17, 15) is 18.0 Å². The van der Waals surface area contributed by atoms with Crippen LogP contribution in [-0.4, -0.2) is 49.5 Å². The van der Waals surface area contributed by atoms with Crippen molar-refractivity contribution in [3.8, 4) is 0 Å². The minimum absolute atomic E-state index is 0.111. The third-order valence-corrected chi connectivity index (χ3v) is 5.68. The molecule has 0 atom stereocenters. The van der Waals surface area contributed by atoms with Crippen molar-refractivity contribution in [2.24, 2.45) is 0 Å². The number of para-hydroxylation sites is 1. The molecule has 0 radical (unpaired) electrons. The molecule has 0 spiro atoms. The molecule has 9 nitrogen and oxygen atoms in total. The molecule has 2 rings (SSSR count). The first-order valence-electron chi connectivity index (χ1n) is 9.45. The first kappa shape index (κ1) is 23.3. The second kappa shape index (κ2) is 9.21. The van der Waals surface area contributed by atoms with E-state index in [1.54, 1.807) is 0 Å². The van der Waals surface area contributed by atoms with Crippen LogP contribution in [-0.2, 0) is 10.0 Å². The molecule has 0 aliphatic heterocycles. The van der Waals surface area contributed by atoms with Gasteiger partial charge in [0.2, 0.25) is 5.03 Å². The van der Waals surface area contributed by atoms with Crippen molar-refractivity contribution in [1.29, 1.82) is 0 Å². The zero-order chi connectivity index (χ0) is 22.6. The number of anilines is 1. The maximum Gasteiger partial charge on any atom is 0.333 e. The number of carbonyl (C=O) groups excluding carboxylic acids is 2. The molecule has 1 aromatic heterocycles. The molecule has 2 aromatic rings. The smallest absolute Gasteiger partial charge is 0.333 e. The van der Waals surface area contributed by atoms with Gasteiger partial charge in [0.25, 0.3) is 15.9 Å². The van der Waals surface area contributed by atoms with Crippen molar-refractivity contribution in [2.75, 3.05) is 19.4 Å². The molecular formula is C20H27N5O4S. The molecule has 3 amide bonds. The summed E-state index contributed by atoms with van der Waals surface area (Å²) in [6.07, 6.45) is 1.21. The summed E-state index contributed by atoms with van der Waals surface area (Å²) in [7, 11) is -1.47. The highest BCUT2D eigenvalue weighted by Crippen LogP contribution is 2.32. The number of benzene rings is 1. The Bertz CT molecular complexity index is 1020. The molecule has 0 aliphatic carbocycles. The zero-order valence-corrected chi connectivity index (χ0v) is 18.7. The fraction of sp³-hybridized carbons (Fsp3) is 0.400. The van der Waals surface area contributed by atoms with Crippen molar-refractivity contribution in [2.45, 2.75) is 44.6 Å². The van der Waals surface area contributed by atoms with Gasteiger partial charge >= 0.3 is 6.03 Å². The van der Waals surface area contributed by atoms with Gasteiger partial charge in [-0.2, -0.15) is 13.5 Å². The Kier molecular flexibility index (Phi) is 7.14. The van der Waals surface area contributed by atoms with Gasteiger partial charge in [0, 0.05) is 19.8 Å². The second-order valence-corrected chi connectivity index (χ2v) is 9.23. The zero-order valence-electron chi connectivity index (χ0n) is 17.9. The minimum Gasteiger partial charge on any atom is -0.345 e. The van der Waals surface area contributed by atoms with Crippen molar-refractivity contribution in [3.63, 3.8) is 0 Å². The van der Waals surface area contributed by atoms with Crippen LogP contribution >= 0.6 is 0 Å². The van der Waals surface area contributed by atoms with E-state index in [4.69, 9.17) is 0 Å². The molecule has 0 unspecified atom stereocenters. The van der Waals surface area contributed by atoms with E-state index in [0.29, 0.717) is 5.69 Å². The topological polar surface area (TPSA) is 121 Å². The first-order chi connectivity index (χ1) is 14.0. The predicted octanol–water partition coefficient (Wildman–Crippen LogP) is 2.94. The Morgan fingerprint density at radius 2 is 1.57 bits per heavy atom. The number of aromatic nitrogens is 2. The van der Waals surface area contributed by atoms with E-state index in [1.165, 1.54) is 31.3 Å². The third-order valence-electron chi connectivity index (χ3n) is 4.42. The lowest BCUT2D eigenvalue weighted by Gasteiger charge is -2.20. The van der Waals surface area contributed by atoms with E-state index < -0.39 is 27.0 Å². The van der Waals surface area contributed by atoms with Crippen LogP contribution in [0.25, 0.3) is 0 Å². The van der Waals surface area contributed by atoms with Gasteiger partial charge in [-0.3, -0.25) is 4.79 Å². The molecule has 0 saturated carbocycles. The van der Waals surface area contributed by atoms with Gasteiger partial charge in [0.1, 0.15) is 0 Å². The van der Waals surface area contributed by atoms with Crippen LogP contribution in [0.4, 0.5) is 10.5 Å². The number of nitrogens with zero attached hydrogens (tertiary/aromatic N) is 3. The van der Waals surface area contributed by atoms with Crippen LogP contribution in [0.1, 0.15) is 61.0 Å². The molecule has 0 fully saturated rings. The standard InChI is InChI=1S/C20H27N5O4S/c1-12(2)14-8-7-9-15(13(3)4)17(14)22-20(27)24-30(28,29)18-16(10-11-21-23-18)19(26)25(5)6/h7-13H,1-6H3,(H2,22,24,27). The summed E-state index contributed by atoms with van der Waals surface area (Å²) in [6.45, 7) is 7.94.